The molecule has 0 bridgehead atoms. The van der Waals surface area contributed by atoms with Crippen LogP contribution in [0.25, 0.3) is 0 Å². The minimum absolute atomic E-state index is 0. The van der Waals surface area contributed by atoms with Crippen molar-refractivity contribution in [1.82, 2.24) is 4.90 Å². The minimum Gasteiger partial charge on any atom is -0.334 e. The van der Waals surface area contributed by atoms with Gasteiger partial charge in [0.1, 0.15) is 0 Å². The maximum atomic E-state index is 12.7. The number of halogens is 1. The highest BCUT2D eigenvalue weighted by Gasteiger charge is 2.31. The van der Waals surface area contributed by atoms with Gasteiger partial charge in [0.25, 0.3) is 5.91 Å². The van der Waals surface area contributed by atoms with Gasteiger partial charge in [-0.15, -0.1) is 12.4 Å². The molecule has 4 heteroatoms. The molecule has 2 rings (SSSR count). The van der Waals surface area contributed by atoms with Gasteiger partial charge in [-0.25, -0.2) is 0 Å². The Morgan fingerprint density at radius 3 is 2.36 bits per heavy atom. The summed E-state index contributed by atoms with van der Waals surface area (Å²) in [6, 6.07) is 8.22. The second kappa shape index (κ2) is 7.47. The van der Waals surface area contributed by atoms with Gasteiger partial charge in [-0.3, -0.25) is 4.79 Å². The highest BCUT2D eigenvalue weighted by atomic mass is 35.5. The van der Waals surface area contributed by atoms with Crippen molar-refractivity contribution >= 4 is 18.3 Å². The van der Waals surface area contributed by atoms with E-state index in [1.165, 1.54) is 5.56 Å². The molecule has 3 nitrogen and oxygen atoms in total. The van der Waals surface area contributed by atoms with Crippen LogP contribution in [-0.2, 0) is 5.41 Å². The zero-order chi connectivity index (χ0) is 15.6. The molecule has 1 saturated heterocycles. The van der Waals surface area contributed by atoms with Gasteiger partial charge in [0.2, 0.25) is 0 Å². The molecule has 0 radical (unpaired) electrons. The number of nitrogens with zero attached hydrogens (tertiary/aromatic N) is 1. The third kappa shape index (κ3) is 4.02. The first kappa shape index (κ1) is 19.0. The number of hydrogen-bond acceptors (Lipinski definition) is 2. The molecule has 1 aliphatic rings. The third-order valence-corrected chi connectivity index (χ3v) is 4.62. The lowest BCUT2D eigenvalue weighted by Gasteiger charge is -2.39. The molecule has 0 aromatic heterocycles. The molecule has 1 amide bonds. The summed E-state index contributed by atoms with van der Waals surface area (Å²) in [7, 11) is 0. The zero-order valence-electron chi connectivity index (χ0n) is 14.1. The number of carbonyl (C=O) groups is 1. The lowest BCUT2D eigenvalue weighted by Crippen LogP contribution is -2.51. The summed E-state index contributed by atoms with van der Waals surface area (Å²) < 4.78 is 0. The highest BCUT2D eigenvalue weighted by molar-refractivity contribution is 5.94. The molecule has 0 saturated carbocycles. The fraction of sp³-hybridized carbons (Fsp3) is 0.611. The smallest absolute Gasteiger partial charge is 0.254 e. The molecule has 1 aromatic carbocycles. The first-order valence-electron chi connectivity index (χ1n) is 7.96. The van der Waals surface area contributed by atoms with E-state index in [-0.39, 0.29) is 29.8 Å². The largest absolute Gasteiger partial charge is 0.334 e. The number of nitrogens with two attached hydrogens (primary N) is 1. The van der Waals surface area contributed by atoms with Gasteiger partial charge < -0.3 is 10.6 Å². The van der Waals surface area contributed by atoms with Gasteiger partial charge in [0.15, 0.2) is 0 Å². The number of rotatable bonds is 2. The number of carbonyl (C=O) groups excluding carboxylic acids is 1. The maximum absolute atomic E-state index is 12.7. The predicted molar refractivity (Wildman–Crippen MR) is 94.7 cm³/mol. The molecule has 2 N–H and O–H groups in total. The molecule has 1 heterocycles. The standard InChI is InChI=1S/C18H28N2O.ClH/c1-13-6-5-11-20(16(13)12-19)17(21)14-7-9-15(10-8-14)18(2,3)4;/h7-10,13,16H,5-6,11-12,19H2,1-4H3;1H. The third-order valence-electron chi connectivity index (χ3n) is 4.62. The topological polar surface area (TPSA) is 46.3 Å². The summed E-state index contributed by atoms with van der Waals surface area (Å²) in [6.45, 7) is 10.1. The van der Waals surface area contributed by atoms with E-state index in [2.05, 4.69) is 39.8 Å². The van der Waals surface area contributed by atoms with E-state index in [4.69, 9.17) is 5.73 Å². The van der Waals surface area contributed by atoms with Gasteiger partial charge in [-0.2, -0.15) is 0 Å². The quantitative estimate of drug-likeness (QED) is 0.903. The van der Waals surface area contributed by atoms with E-state index >= 15 is 0 Å². The van der Waals surface area contributed by atoms with Crippen molar-refractivity contribution in [1.29, 1.82) is 0 Å². The van der Waals surface area contributed by atoms with E-state index < -0.39 is 0 Å². The zero-order valence-corrected chi connectivity index (χ0v) is 15.0. The van der Waals surface area contributed by atoms with Gasteiger partial charge >= 0.3 is 0 Å². The molecule has 1 fully saturated rings. The van der Waals surface area contributed by atoms with Gasteiger partial charge in [0, 0.05) is 24.7 Å². The first-order valence-corrected chi connectivity index (χ1v) is 7.96. The second-order valence-corrected chi connectivity index (χ2v) is 7.25. The number of hydrogen-bond donors (Lipinski definition) is 1. The Bertz CT molecular complexity index is 493. The Balaban J connectivity index is 0.00000242. The fourth-order valence-corrected chi connectivity index (χ4v) is 3.14. The van der Waals surface area contributed by atoms with Crippen LogP contribution < -0.4 is 5.73 Å². The fourth-order valence-electron chi connectivity index (χ4n) is 3.14. The van der Waals surface area contributed by atoms with Crippen molar-refractivity contribution in [3.05, 3.63) is 35.4 Å². The number of piperidine rings is 1. The summed E-state index contributed by atoms with van der Waals surface area (Å²) in [5.41, 5.74) is 8.02. The lowest BCUT2D eigenvalue weighted by atomic mass is 9.86. The second-order valence-electron chi connectivity index (χ2n) is 7.25. The Hall–Kier alpha value is -1.06. The Kier molecular flexibility index (Phi) is 6.45. The van der Waals surface area contributed by atoms with Crippen molar-refractivity contribution in [2.24, 2.45) is 11.7 Å². The summed E-state index contributed by atoms with van der Waals surface area (Å²) in [4.78, 5) is 14.7. The van der Waals surface area contributed by atoms with Crippen LogP contribution in [0.4, 0.5) is 0 Å². The van der Waals surface area contributed by atoms with E-state index in [1.807, 2.05) is 17.0 Å². The molecule has 1 aliphatic heterocycles. The summed E-state index contributed by atoms with van der Waals surface area (Å²) >= 11 is 0. The van der Waals surface area contributed by atoms with Crippen LogP contribution in [-0.4, -0.2) is 29.9 Å². The van der Waals surface area contributed by atoms with Crippen LogP contribution in [0.1, 0.15) is 56.5 Å². The molecule has 0 spiro atoms. The van der Waals surface area contributed by atoms with E-state index in [9.17, 15) is 4.79 Å². The monoisotopic (exact) mass is 324 g/mol. The maximum Gasteiger partial charge on any atom is 0.254 e. The van der Waals surface area contributed by atoms with Gasteiger partial charge in [-0.1, -0.05) is 39.8 Å². The van der Waals surface area contributed by atoms with Crippen LogP contribution in [0.3, 0.4) is 0 Å². The minimum atomic E-state index is 0. The number of amides is 1. The SMILES string of the molecule is CC1CCCN(C(=O)c2ccc(C(C)(C)C)cc2)C1CN.Cl. The highest BCUT2D eigenvalue weighted by Crippen LogP contribution is 2.26. The normalized spacial score (nSPS) is 22.1. The average molecular weight is 325 g/mol. The summed E-state index contributed by atoms with van der Waals surface area (Å²) in [5.74, 6) is 0.610. The van der Waals surface area contributed by atoms with Crippen molar-refractivity contribution < 1.29 is 4.79 Å². The molecule has 2 unspecified atom stereocenters. The molecular weight excluding hydrogens is 296 g/mol. The van der Waals surface area contributed by atoms with Crippen molar-refractivity contribution in [2.75, 3.05) is 13.1 Å². The lowest BCUT2D eigenvalue weighted by molar-refractivity contribution is 0.0532. The number of likely N-dealkylation sites (tertiary alicyclic amines) is 1. The molecule has 124 valence electrons. The van der Waals surface area contributed by atoms with Crippen LogP contribution in [0, 0.1) is 5.92 Å². The van der Waals surface area contributed by atoms with Crippen molar-refractivity contribution in [2.45, 2.75) is 52.0 Å². The molecule has 22 heavy (non-hydrogen) atoms. The van der Waals surface area contributed by atoms with E-state index in [0.29, 0.717) is 12.5 Å². The molecular formula is C18H29ClN2O. The molecule has 0 aliphatic carbocycles. The molecule has 1 aromatic rings. The Morgan fingerprint density at radius 2 is 1.86 bits per heavy atom. The van der Waals surface area contributed by atoms with Crippen LogP contribution in [0.2, 0.25) is 0 Å². The van der Waals surface area contributed by atoms with Crippen molar-refractivity contribution in [3.63, 3.8) is 0 Å². The van der Waals surface area contributed by atoms with Crippen LogP contribution in [0.5, 0.6) is 0 Å². The summed E-state index contributed by atoms with van der Waals surface area (Å²) in [5, 5.41) is 0. The van der Waals surface area contributed by atoms with Crippen LogP contribution in [0.15, 0.2) is 24.3 Å². The summed E-state index contributed by atoms with van der Waals surface area (Å²) in [6.07, 6.45) is 2.23. The van der Waals surface area contributed by atoms with Gasteiger partial charge in [0.05, 0.1) is 0 Å². The van der Waals surface area contributed by atoms with Crippen LogP contribution >= 0.6 is 12.4 Å². The first-order chi connectivity index (χ1) is 9.84. The van der Waals surface area contributed by atoms with Gasteiger partial charge in [-0.05, 0) is 41.9 Å². The number of benzene rings is 1. The predicted octanol–water partition coefficient (Wildman–Crippen LogP) is 3.61. The Labute approximate surface area is 140 Å². The van der Waals surface area contributed by atoms with E-state index in [0.717, 1.165) is 24.9 Å². The van der Waals surface area contributed by atoms with Crippen molar-refractivity contribution in [3.8, 4) is 0 Å². The van der Waals surface area contributed by atoms with E-state index in [1.54, 1.807) is 0 Å². The average Bonchev–Trinajstić information content (AvgIpc) is 2.45. The Morgan fingerprint density at radius 1 is 1.27 bits per heavy atom. The molecule has 2 atom stereocenters.